The summed E-state index contributed by atoms with van der Waals surface area (Å²) in [6.45, 7) is 0.442. The molecule has 0 aliphatic heterocycles. The largest absolute Gasteiger partial charge is 0.497 e. The van der Waals surface area contributed by atoms with Gasteiger partial charge in [-0.15, -0.1) is 0 Å². The molecule has 156 valence electrons. The molecule has 2 N–H and O–H groups in total. The van der Waals surface area contributed by atoms with E-state index >= 15 is 0 Å². The number of hydrogen-bond acceptors (Lipinski definition) is 5. The van der Waals surface area contributed by atoms with Gasteiger partial charge in [0.25, 0.3) is 0 Å². The summed E-state index contributed by atoms with van der Waals surface area (Å²) in [6, 6.07) is 13.6. The highest BCUT2D eigenvalue weighted by molar-refractivity contribution is 5.97. The zero-order valence-corrected chi connectivity index (χ0v) is 17.0. The van der Waals surface area contributed by atoms with E-state index in [1.165, 1.54) is 7.11 Å². The summed E-state index contributed by atoms with van der Waals surface area (Å²) in [5, 5.41) is 0.839. The Hall–Kier alpha value is -3.48. The lowest BCUT2D eigenvalue weighted by molar-refractivity contribution is -0.142. The number of primary amides is 1. The van der Waals surface area contributed by atoms with Crippen LogP contribution in [0.5, 0.6) is 11.5 Å². The van der Waals surface area contributed by atoms with Gasteiger partial charge >= 0.3 is 5.97 Å². The molecule has 0 bridgehead atoms. The zero-order valence-electron chi connectivity index (χ0n) is 17.0. The number of carbonyl (C=O) groups is 2. The number of fused-ring (bicyclic) bond motifs is 3. The monoisotopic (exact) mass is 408 g/mol. The average molecular weight is 408 g/mol. The van der Waals surface area contributed by atoms with Crippen molar-refractivity contribution in [1.29, 1.82) is 0 Å². The fourth-order valence-electron chi connectivity index (χ4n) is 4.22. The van der Waals surface area contributed by atoms with Gasteiger partial charge in [-0.1, -0.05) is 18.2 Å². The maximum Gasteiger partial charge on any atom is 0.343 e. The van der Waals surface area contributed by atoms with Crippen molar-refractivity contribution >= 4 is 22.8 Å². The van der Waals surface area contributed by atoms with Crippen molar-refractivity contribution in [2.45, 2.75) is 25.3 Å². The van der Waals surface area contributed by atoms with E-state index in [1.54, 1.807) is 13.2 Å². The molecule has 2 aromatic carbocycles. The van der Waals surface area contributed by atoms with Crippen LogP contribution in [0.3, 0.4) is 0 Å². The van der Waals surface area contributed by atoms with Crippen LogP contribution in [-0.2, 0) is 27.3 Å². The maximum atomic E-state index is 12.2. The quantitative estimate of drug-likeness (QED) is 0.607. The highest BCUT2D eigenvalue weighted by Crippen LogP contribution is 2.44. The second kappa shape index (κ2) is 8.10. The Kier molecular flexibility index (Phi) is 5.35. The molecule has 0 radical (unpaired) electrons. The maximum absolute atomic E-state index is 12.2. The second-order valence-corrected chi connectivity index (χ2v) is 7.30. The number of ether oxygens (including phenoxy) is 3. The Bertz CT molecular complexity index is 1100. The van der Waals surface area contributed by atoms with E-state index in [4.69, 9.17) is 15.2 Å². The fraction of sp³-hybridized carbons (Fsp3) is 0.304. The van der Waals surface area contributed by atoms with E-state index in [9.17, 15) is 9.59 Å². The number of nitrogens with zero attached hydrogens (tertiary/aromatic N) is 1. The summed E-state index contributed by atoms with van der Waals surface area (Å²) in [5.74, 6) is 0.166. The van der Waals surface area contributed by atoms with Crippen LogP contribution < -0.4 is 15.2 Å². The van der Waals surface area contributed by atoms with Crippen molar-refractivity contribution in [2.24, 2.45) is 5.73 Å². The number of methoxy groups -OCH3 is 2. The molecule has 4 rings (SSSR count). The molecule has 30 heavy (non-hydrogen) atoms. The van der Waals surface area contributed by atoms with Gasteiger partial charge < -0.3 is 24.5 Å². The van der Waals surface area contributed by atoms with Crippen molar-refractivity contribution in [3.63, 3.8) is 0 Å². The number of benzene rings is 2. The van der Waals surface area contributed by atoms with Crippen molar-refractivity contribution in [3.05, 3.63) is 59.3 Å². The molecule has 1 amide bonds. The number of rotatable bonds is 7. The summed E-state index contributed by atoms with van der Waals surface area (Å²) >= 11 is 0. The molecule has 1 unspecified atom stereocenters. The molecule has 0 saturated carbocycles. The van der Waals surface area contributed by atoms with Gasteiger partial charge in [0.15, 0.2) is 6.61 Å². The first-order valence-corrected chi connectivity index (χ1v) is 9.79. The SMILES string of the molecule is COC(=O)COc1cccc2c1c1c(n2Cc2ccc(OC)cc2)CCC1C(N)=O. The summed E-state index contributed by atoms with van der Waals surface area (Å²) in [4.78, 5) is 23.7. The van der Waals surface area contributed by atoms with Gasteiger partial charge in [0, 0.05) is 17.6 Å². The molecule has 1 atom stereocenters. The fourth-order valence-corrected chi connectivity index (χ4v) is 4.22. The highest BCUT2D eigenvalue weighted by atomic mass is 16.6. The van der Waals surface area contributed by atoms with E-state index in [2.05, 4.69) is 9.30 Å². The van der Waals surface area contributed by atoms with Crippen LogP contribution in [0.4, 0.5) is 0 Å². The van der Waals surface area contributed by atoms with Gasteiger partial charge in [0.2, 0.25) is 5.91 Å². The zero-order chi connectivity index (χ0) is 21.3. The van der Waals surface area contributed by atoms with E-state index in [0.29, 0.717) is 18.7 Å². The minimum atomic E-state index is -0.465. The van der Waals surface area contributed by atoms with Crippen molar-refractivity contribution in [2.75, 3.05) is 20.8 Å². The van der Waals surface area contributed by atoms with Crippen molar-refractivity contribution in [3.8, 4) is 11.5 Å². The lowest BCUT2D eigenvalue weighted by Crippen LogP contribution is -2.19. The number of carbonyl (C=O) groups excluding carboxylic acids is 2. The van der Waals surface area contributed by atoms with Gasteiger partial charge in [0.05, 0.1) is 25.7 Å². The Morgan fingerprint density at radius 1 is 1.13 bits per heavy atom. The summed E-state index contributed by atoms with van der Waals surface area (Å²) in [7, 11) is 2.96. The summed E-state index contributed by atoms with van der Waals surface area (Å²) in [6.07, 6.45) is 1.42. The third-order valence-electron chi connectivity index (χ3n) is 5.64. The first kappa shape index (κ1) is 19.8. The number of aromatic nitrogens is 1. The summed E-state index contributed by atoms with van der Waals surface area (Å²) < 4.78 is 17.9. The molecule has 1 heterocycles. The predicted molar refractivity (Wildman–Crippen MR) is 112 cm³/mol. The van der Waals surface area contributed by atoms with Crippen molar-refractivity contribution in [1.82, 2.24) is 4.57 Å². The first-order valence-electron chi connectivity index (χ1n) is 9.79. The van der Waals surface area contributed by atoms with E-state index < -0.39 is 5.97 Å². The number of hydrogen-bond donors (Lipinski definition) is 1. The first-order chi connectivity index (χ1) is 14.5. The van der Waals surface area contributed by atoms with Gasteiger partial charge in [-0.25, -0.2) is 4.79 Å². The molecule has 0 saturated heterocycles. The van der Waals surface area contributed by atoms with E-state index in [0.717, 1.165) is 39.9 Å². The van der Waals surface area contributed by atoms with Gasteiger partial charge in [-0.2, -0.15) is 0 Å². The molecular formula is C23H24N2O5. The standard InChI is InChI=1S/C23H24N2O5/c1-28-15-8-6-14(7-9-15)12-25-17-4-3-5-19(30-13-20(26)29-2)22(17)21-16(23(24)27)10-11-18(21)25/h3-9,16H,10-13H2,1-2H3,(H2,24,27). The Morgan fingerprint density at radius 2 is 1.90 bits per heavy atom. The molecule has 0 fully saturated rings. The van der Waals surface area contributed by atoms with E-state index in [-0.39, 0.29) is 18.4 Å². The average Bonchev–Trinajstić information content (AvgIpc) is 3.32. The predicted octanol–water partition coefficient (Wildman–Crippen LogP) is 2.77. The van der Waals surface area contributed by atoms with Gasteiger partial charge in [-0.3, -0.25) is 4.79 Å². The van der Waals surface area contributed by atoms with Gasteiger partial charge in [0.1, 0.15) is 11.5 Å². The molecule has 1 aliphatic rings. The lowest BCUT2D eigenvalue weighted by Gasteiger charge is -2.12. The third kappa shape index (κ3) is 3.47. The molecule has 7 heteroatoms. The smallest absolute Gasteiger partial charge is 0.343 e. The van der Waals surface area contributed by atoms with Crippen LogP contribution in [0.1, 0.15) is 29.2 Å². The Labute approximate surface area is 174 Å². The van der Waals surface area contributed by atoms with Crippen LogP contribution in [0, 0.1) is 0 Å². The molecule has 3 aromatic rings. The molecule has 1 aromatic heterocycles. The van der Waals surface area contributed by atoms with Crippen LogP contribution >= 0.6 is 0 Å². The number of nitrogens with two attached hydrogens (primary N) is 1. The third-order valence-corrected chi connectivity index (χ3v) is 5.64. The number of amides is 1. The Morgan fingerprint density at radius 3 is 2.57 bits per heavy atom. The van der Waals surface area contributed by atoms with Crippen LogP contribution in [-0.4, -0.2) is 37.3 Å². The van der Waals surface area contributed by atoms with Crippen LogP contribution in [0.2, 0.25) is 0 Å². The van der Waals surface area contributed by atoms with Gasteiger partial charge in [-0.05, 0) is 48.2 Å². The molecule has 7 nitrogen and oxygen atoms in total. The van der Waals surface area contributed by atoms with Crippen LogP contribution in [0.25, 0.3) is 10.9 Å². The molecule has 1 aliphatic carbocycles. The minimum absolute atomic E-state index is 0.199. The van der Waals surface area contributed by atoms with E-state index in [1.807, 2.05) is 36.4 Å². The topological polar surface area (TPSA) is 92.8 Å². The minimum Gasteiger partial charge on any atom is -0.497 e. The molecule has 0 spiro atoms. The van der Waals surface area contributed by atoms with Crippen LogP contribution in [0.15, 0.2) is 42.5 Å². The lowest BCUT2D eigenvalue weighted by atomic mass is 9.99. The highest BCUT2D eigenvalue weighted by Gasteiger charge is 2.34. The number of esters is 1. The normalized spacial score (nSPS) is 15.1. The Balaban J connectivity index is 1.82. The van der Waals surface area contributed by atoms with Crippen molar-refractivity contribution < 1.29 is 23.8 Å². The second-order valence-electron chi connectivity index (χ2n) is 7.30. The molecular weight excluding hydrogens is 384 g/mol. The summed E-state index contributed by atoms with van der Waals surface area (Å²) in [5.41, 5.74) is 9.76.